The normalized spacial score (nSPS) is 29.3. The summed E-state index contributed by atoms with van der Waals surface area (Å²) >= 11 is 0. The lowest BCUT2D eigenvalue weighted by Gasteiger charge is -2.48. The van der Waals surface area contributed by atoms with Gasteiger partial charge in [-0.1, -0.05) is 0 Å². The van der Waals surface area contributed by atoms with Crippen LogP contribution in [0.1, 0.15) is 45.1 Å². The lowest BCUT2D eigenvalue weighted by atomic mass is 9.79. The Morgan fingerprint density at radius 1 is 1.11 bits per heavy atom. The Morgan fingerprint density at radius 2 is 1.89 bits per heavy atom. The molecule has 3 aliphatic rings. The number of fused-ring (bicyclic) bond motifs is 1. The van der Waals surface area contributed by atoms with E-state index in [0.29, 0.717) is 24.0 Å². The molecule has 1 aromatic carbocycles. The first-order valence-corrected chi connectivity index (χ1v) is 10.6. The van der Waals surface area contributed by atoms with Gasteiger partial charge in [0.1, 0.15) is 5.82 Å². The first-order chi connectivity index (χ1) is 13.1. The van der Waals surface area contributed by atoms with Gasteiger partial charge in [0.05, 0.1) is 0 Å². The molecule has 1 atom stereocenters. The lowest BCUT2D eigenvalue weighted by molar-refractivity contribution is -0.122. The molecule has 1 aromatic rings. The first-order valence-electron chi connectivity index (χ1n) is 10.6. The summed E-state index contributed by atoms with van der Waals surface area (Å²) in [7, 11) is 0. The molecule has 148 valence electrons. The van der Waals surface area contributed by atoms with Crippen molar-refractivity contribution in [3.63, 3.8) is 0 Å². The zero-order chi connectivity index (χ0) is 19.0. The van der Waals surface area contributed by atoms with Gasteiger partial charge in [-0.2, -0.15) is 0 Å². The molecule has 5 heteroatoms. The minimum absolute atomic E-state index is 0.120. The number of carbonyl (C=O) groups excluding carboxylic acids is 1. The molecule has 0 bridgehead atoms. The molecule has 2 aliphatic heterocycles. The molecule has 2 fully saturated rings. The maximum Gasteiger partial charge on any atom is 0.209 e. The predicted molar refractivity (Wildman–Crippen MR) is 106 cm³/mol. The summed E-state index contributed by atoms with van der Waals surface area (Å²) in [4.78, 5) is 18.4. The van der Waals surface area contributed by atoms with Crippen molar-refractivity contribution in [2.75, 3.05) is 31.1 Å². The highest BCUT2D eigenvalue weighted by Gasteiger charge is 2.38. The van der Waals surface area contributed by atoms with Crippen LogP contribution in [0.4, 0.5) is 10.1 Å². The molecular weight excluding hydrogens is 341 g/mol. The molecule has 4 rings (SSSR count). The zero-order valence-electron chi connectivity index (χ0n) is 16.6. The van der Waals surface area contributed by atoms with Crippen LogP contribution in [0.3, 0.4) is 0 Å². The van der Waals surface area contributed by atoms with Crippen molar-refractivity contribution in [3.05, 3.63) is 29.6 Å². The highest BCUT2D eigenvalue weighted by atomic mass is 19.1. The monoisotopic (exact) mass is 373 g/mol. The van der Waals surface area contributed by atoms with Crippen molar-refractivity contribution in [2.45, 2.75) is 64.1 Å². The fourth-order valence-electron chi connectivity index (χ4n) is 5.58. The quantitative estimate of drug-likeness (QED) is 0.758. The lowest BCUT2D eigenvalue weighted by Crippen LogP contribution is -2.58. The summed E-state index contributed by atoms with van der Waals surface area (Å²) in [6.07, 6.45) is 6.83. The van der Waals surface area contributed by atoms with Crippen molar-refractivity contribution in [2.24, 2.45) is 5.92 Å². The Labute approximate surface area is 162 Å². The van der Waals surface area contributed by atoms with E-state index in [9.17, 15) is 9.18 Å². The first kappa shape index (κ1) is 18.7. The van der Waals surface area contributed by atoms with Crippen LogP contribution in [0.25, 0.3) is 0 Å². The van der Waals surface area contributed by atoms with Crippen LogP contribution in [0.2, 0.25) is 0 Å². The van der Waals surface area contributed by atoms with Crippen LogP contribution < -0.4 is 4.90 Å². The molecule has 1 unspecified atom stereocenters. The molecule has 1 saturated heterocycles. The van der Waals surface area contributed by atoms with Crippen molar-refractivity contribution < 1.29 is 9.18 Å². The molecule has 27 heavy (non-hydrogen) atoms. The highest BCUT2D eigenvalue weighted by molar-refractivity contribution is 5.58. The molecule has 0 N–H and O–H groups in total. The maximum atomic E-state index is 13.5. The Morgan fingerprint density at radius 3 is 2.59 bits per heavy atom. The summed E-state index contributed by atoms with van der Waals surface area (Å²) in [6.45, 7) is 8.29. The average molecular weight is 374 g/mol. The van der Waals surface area contributed by atoms with Crippen LogP contribution >= 0.6 is 0 Å². The predicted octanol–water partition coefficient (Wildman–Crippen LogP) is 3.30. The minimum atomic E-state index is -0.120. The molecule has 1 amide bonds. The molecule has 0 spiro atoms. The van der Waals surface area contributed by atoms with Gasteiger partial charge in [-0.3, -0.25) is 9.69 Å². The highest BCUT2D eigenvalue weighted by Crippen LogP contribution is 2.38. The zero-order valence-corrected chi connectivity index (χ0v) is 16.6. The number of benzene rings is 1. The fraction of sp³-hybridized carbons (Fsp3) is 0.682. The average Bonchev–Trinajstić information content (AvgIpc) is 3.10. The number of carbonyl (C=O) groups is 1. The van der Waals surface area contributed by atoms with Gasteiger partial charge in [-0.15, -0.1) is 0 Å². The van der Waals surface area contributed by atoms with E-state index in [1.165, 1.54) is 31.4 Å². The van der Waals surface area contributed by atoms with Crippen LogP contribution in [0, 0.1) is 11.7 Å². The number of hydrogen-bond acceptors (Lipinski definition) is 3. The van der Waals surface area contributed by atoms with Crippen LogP contribution in [-0.2, 0) is 11.2 Å². The largest absolute Gasteiger partial charge is 0.368 e. The summed E-state index contributed by atoms with van der Waals surface area (Å²) in [5.41, 5.74) is 2.41. The molecule has 0 radical (unpaired) electrons. The van der Waals surface area contributed by atoms with Gasteiger partial charge in [0.25, 0.3) is 0 Å². The second-order valence-electron chi connectivity index (χ2n) is 8.78. The van der Waals surface area contributed by atoms with E-state index in [-0.39, 0.29) is 5.82 Å². The number of halogens is 1. The maximum absolute atomic E-state index is 13.5. The van der Waals surface area contributed by atoms with Gasteiger partial charge in [-0.05, 0) is 75.6 Å². The number of hydrogen-bond donors (Lipinski definition) is 0. The number of rotatable bonds is 4. The third-order valence-electron chi connectivity index (χ3n) is 7.00. The molecule has 0 aromatic heterocycles. The standard InChI is InChI=1S/C22H32FN3O/c1-16(2)25-12-11-24(15-27)14-22(25)17-3-6-20(7-4-17)26-10-9-18-13-19(23)5-8-21(18)26/h5,8,13,15-17,20,22H,3-4,6-7,9-12,14H2,1-2H3. The van der Waals surface area contributed by atoms with Crippen molar-refractivity contribution >= 4 is 12.1 Å². The summed E-state index contributed by atoms with van der Waals surface area (Å²) in [6, 6.07) is 6.86. The third kappa shape index (κ3) is 3.71. The summed E-state index contributed by atoms with van der Waals surface area (Å²) in [5, 5.41) is 0. The van der Waals surface area contributed by atoms with Gasteiger partial charge in [-0.25, -0.2) is 4.39 Å². The van der Waals surface area contributed by atoms with Crippen molar-refractivity contribution in [1.29, 1.82) is 0 Å². The minimum Gasteiger partial charge on any atom is -0.368 e. The van der Waals surface area contributed by atoms with E-state index >= 15 is 0 Å². The van der Waals surface area contributed by atoms with E-state index in [1.807, 2.05) is 11.0 Å². The van der Waals surface area contributed by atoms with E-state index < -0.39 is 0 Å². The third-order valence-corrected chi connectivity index (χ3v) is 7.00. The second kappa shape index (κ2) is 7.78. The Bertz CT molecular complexity index is 672. The molecule has 4 nitrogen and oxygen atoms in total. The molecule has 1 saturated carbocycles. The van der Waals surface area contributed by atoms with Gasteiger partial charge < -0.3 is 9.80 Å². The molecule has 1 aliphatic carbocycles. The Kier molecular flexibility index (Phi) is 5.40. The van der Waals surface area contributed by atoms with Crippen molar-refractivity contribution in [1.82, 2.24) is 9.80 Å². The topological polar surface area (TPSA) is 26.8 Å². The fourth-order valence-corrected chi connectivity index (χ4v) is 5.58. The second-order valence-corrected chi connectivity index (χ2v) is 8.78. The van der Waals surface area contributed by atoms with E-state index in [4.69, 9.17) is 0 Å². The van der Waals surface area contributed by atoms with Crippen LogP contribution in [0.15, 0.2) is 18.2 Å². The Hall–Kier alpha value is -1.62. The van der Waals surface area contributed by atoms with Gasteiger partial charge in [0, 0.05) is 50.0 Å². The van der Waals surface area contributed by atoms with Gasteiger partial charge in [0.15, 0.2) is 0 Å². The number of anilines is 1. The Balaban J connectivity index is 1.41. The van der Waals surface area contributed by atoms with E-state index in [1.54, 1.807) is 12.1 Å². The summed E-state index contributed by atoms with van der Waals surface area (Å²) < 4.78 is 13.5. The van der Waals surface area contributed by atoms with Gasteiger partial charge >= 0.3 is 0 Å². The van der Waals surface area contributed by atoms with Crippen molar-refractivity contribution in [3.8, 4) is 0 Å². The number of piperazine rings is 1. The van der Waals surface area contributed by atoms with Crippen LogP contribution in [0.5, 0.6) is 0 Å². The SMILES string of the molecule is CC(C)N1CCN(C=O)CC1C1CCC(N2CCc3cc(F)ccc32)CC1. The summed E-state index contributed by atoms with van der Waals surface area (Å²) in [5.74, 6) is 0.548. The molecule has 2 heterocycles. The van der Waals surface area contributed by atoms with E-state index in [2.05, 4.69) is 23.6 Å². The molecular formula is C22H32FN3O. The van der Waals surface area contributed by atoms with E-state index in [0.717, 1.165) is 44.6 Å². The van der Waals surface area contributed by atoms with Crippen LogP contribution in [-0.4, -0.2) is 60.5 Å². The number of amides is 1. The van der Waals surface area contributed by atoms with Gasteiger partial charge in [0.2, 0.25) is 6.41 Å². The smallest absolute Gasteiger partial charge is 0.209 e. The number of nitrogens with zero attached hydrogens (tertiary/aromatic N) is 3.